The molecule has 15 rings (SSSR count). The van der Waals surface area contributed by atoms with Crippen LogP contribution in [-0.4, -0.2) is 20.8 Å². The van der Waals surface area contributed by atoms with E-state index in [1.807, 2.05) is 11.3 Å². The molecule has 0 spiro atoms. The lowest BCUT2D eigenvalue weighted by Gasteiger charge is -2.25. The molecule has 0 saturated heterocycles. The van der Waals surface area contributed by atoms with Gasteiger partial charge in [0.25, 0.3) is 0 Å². The molecule has 0 radical (unpaired) electrons. The highest BCUT2D eigenvalue weighted by Crippen LogP contribution is 2.45. The highest BCUT2D eigenvalue weighted by Gasteiger charge is 2.28. The first kappa shape index (κ1) is 38.3. The van der Waals surface area contributed by atoms with Crippen LogP contribution in [0, 0.1) is 0 Å². The van der Waals surface area contributed by atoms with Gasteiger partial charge in [-0.1, -0.05) is 158 Å². The fourth-order valence-corrected chi connectivity index (χ4v) is 12.3. The van der Waals surface area contributed by atoms with Gasteiger partial charge in [-0.3, -0.25) is 0 Å². The van der Waals surface area contributed by atoms with E-state index >= 15 is 0 Å². The maximum atomic E-state index is 5.63. The summed E-state index contributed by atoms with van der Waals surface area (Å²) in [6.45, 7) is 0. The fourth-order valence-electron chi connectivity index (χ4n) is 11.0. The quantitative estimate of drug-likeness (QED) is 0.184. The molecule has 0 aliphatic carbocycles. The van der Waals surface area contributed by atoms with E-state index in [9.17, 15) is 0 Å². The molecule has 1 aliphatic heterocycles. The van der Waals surface area contributed by atoms with Crippen molar-refractivity contribution in [1.29, 1.82) is 0 Å². The van der Waals surface area contributed by atoms with Gasteiger partial charge in [0, 0.05) is 53.8 Å². The maximum Gasteiger partial charge on any atom is 0.159 e. The maximum absolute atomic E-state index is 5.63. The predicted octanol–water partition coefficient (Wildman–Crippen LogP) is 16.2. The van der Waals surface area contributed by atoms with Gasteiger partial charge < -0.3 is 14.5 Å². The number of amidine groups is 2. The zero-order chi connectivity index (χ0) is 45.2. The third-order valence-electron chi connectivity index (χ3n) is 14.3. The summed E-state index contributed by atoms with van der Waals surface area (Å²) in [5, 5.41) is 18.5. The van der Waals surface area contributed by atoms with Crippen molar-refractivity contribution in [3.8, 4) is 11.4 Å². The number of thiophene rings is 1. The Morgan fingerprint density at radius 1 is 0.406 bits per heavy atom. The summed E-state index contributed by atoms with van der Waals surface area (Å²) < 4.78 is 7.36. The van der Waals surface area contributed by atoms with Crippen molar-refractivity contribution in [2.24, 2.45) is 9.98 Å². The van der Waals surface area contributed by atoms with Crippen LogP contribution in [0.15, 0.2) is 234 Å². The molecule has 3 aromatic heterocycles. The van der Waals surface area contributed by atoms with Gasteiger partial charge in [-0.2, -0.15) is 0 Å². The topological polar surface area (TPSA) is 46.6 Å². The van der Waals surface area contributed by atoms with Crippen LogP contribution in [0.3, 0.4) is 0 Å². The van der Waals surface area contributed by atoms with Crippen LogP contribution in [0.5, 0.6) is 0 Å². The number of aromatic nitrogens is 2. The summed E-state index contributed by atoms with van der Waals surface area (Å²) in [7, 11) is 0. The van der Waals surface area contributed by atoms with E-state index in [0.29, 0.717) is 5.84 Å². The van der Waals surface area contributed by atoms with Gasteiger partial charge in [-0.15, -0.1) is 11.3 Å². The van der Waals surface area contributed by atoms with Crippen LogP contribution in [0.1, 0.15) is 22.9 Å². The van der Waals surface area contributed by atoms with Crippen LogP contribution in [-0.2, 0) is 0 Å². The average molecular weight is 898 g/mol. The van der Waals surface area contributed by atoms with E-state index in [1.54, 1.807) is 0 Å². The Bertz CT molecular complexity index is 4420. The van der Waals surface area contributed by atoms with Crippen molar-refractivity contribution in [2.45, 2.75) is 6.17 Å². The summed E-state index contributed by atoms with van der Waals surface area (Å²) >= 11 is 1.86. The van der Waals surface area contributed by atoms with Gasteiger partial charge in [-0.05, 0) is 105 Å². The highest BCUT2D eigenvalue weighted by atomic mass is 32.1. The zero-order valence-corrected chi connectivity index (χ0v) is 38.0. The molecule has 322 valence electrons. The third kappa shape index (κ3) is 5.89. The molecule has 0 saturated carbocycles. The van der Waals surface area contributed by atoms with Gasteiger partial charge in [0.15, 0.2) is 5.84 Å². The van der Waals surface area contributed by atoms with Gasteiger partial charge >= 0.3 is 0 Å². The third-order valence-corrected chi connectivity index (χ3v) is 15.4. The molecule has 14 aromatic rings. The molecule has 0 amide bonds. The molecule has 4 heterocycles. The minimum Gasteiger partial charge on any atom is -0.344 e. The molecule has 0 fully saturated rings. The monoisotopic (exact) mass is 897 g/mol. The molecule has 1 atom stereocenters. The van der Waals surface area contributed by atoms with Crippen molar-refractivity contribution in [3.63, 3.8) is 0 Å². The summed E-state index contributed by atoms with van der Waals surface area (Å²) in [5.41, 5.74) is 9.81. The SMILES string of the molecule is c1ccc(C2N=C(c3ccc4c5ccccc5n(-c5ccccc5)c4c3)N=C(c3ccc4c(sc5cc6ccccc6cc54)c3-n3c4cc5ccccc5cc4c4cc5ccccc5cc43)N2)cc1. The van der Waals surface area contributed by atoms with Gasteiger partial charge in [0.05, 0.1) is 32.5 Å². The Hall–Kier alpha value is -8.84. The smallest absolute Gasteiger partial charge is 0.159 e. The highest BCUT2D eigenvalue weighted by molar-refractivity contribution is 7.26. The second-order valence-electron chi connectivity index (χ2n) is 18.2. The fraction of sp³-hybridized carbons (Fsp3) is 0.0159. The van der Waals surface area contributed by atoms with Crippen LogP contribution in [0.4, 0.5) is 0 Å². The Labute approximate surface area is 400 Å². The number of nitrogens with zero attached hydrogens (tertiary/aromatic N) is 4. The Kier molecular flexibility index (Phi) is 8.23. The van der Waals surface area contributed by atoms with Crippen molar-refractivity contribution in [2.75, 3.05) is 0 Å². The Balaban J connectivity index is 1.04. The number of hydrogen-bond donors (Lipinski definition) is 1. The Morgan fingerprint density at radius 2 is 0.942 bits per heavy atom. The van der Waals surface area contributed by atoms with E-state index in [2.05, 4.69) is 239 Å². The van der Waals surface area contributed by atoms with E-state index in [1.165, 1.54) is 74.0 Å². The van der Waals surface area contributed by atoms with Crippen LogP contribution >= 0.6 is 11.3 Å². The van der Waals surface area contributed by atoms with Crippen LogP contribution in [0.2, 0.25) is 0 Å². The molecule has 11 aromatic carbocycles. The molecule has 69 heavy (non-hydrogen) atoms. The summed E-state index contributed by atoms with van der Waals surface area (Å²) in [5.74, 6) is 1.45. The molecule has 6 heteroatoms. The first-order chi connectivity index (χ1) is 34.2. The second-order valence-corrected chi connectivity index (χ2v) is 19.2. The van der Waals surface area contributed by atoms with Crippen LogP contribution in [0.25, 0.3) is 107 Å². The molecule has 1 N–H and O–H groups in total. The second kappa shape index (κ2) is 14.8. The number of fused-ring (bicyclic) bond motifs is 12. The molecule has 0 bridgehead atoms. The minimum atomic E-state index is -0.397. The normalized spacial score (nSPS) is 14.2. The first-order valence-electron chi connectivity index (χ1n) is 23.5. The Morgan fingerprint density at radius 3 is 1.62 bits per heavy atom. The van der Waals surface area contributed by atoms with Crippen molar-refractivity contribution < 1.29 is 0 Å². The number of benzene rings is 11. The van der Waals surface area contributed by atoms with Crippen LogP contribution < -0.4 is 5.32 Å². The molecule has 1 unspecified atom stereocenters. The summed E-state index contributed by atoms with van der Waals surface area (Å²) in [6, 6.07) is 81.6. The molecule has 1 aliphatic rings. The van der Waals surface area contributed by atoms with Gasteiger partial charge in [-0.25, -0.2) is 9.98 Å². The van der Waals surface area contributed by atoms with E-state index in [-0.39, 0.29) is 0 Å². The van der Waals surface area contributed by atoms with Crippen molar-refractivity contribution in [3.05, 3.63) is 241 Å². The van der Waals surface area contributed by atoms with E-state index in [4.69, 9.17) is 9.98 Å². The lowest BCUT2D eigenvalue weighted by molar-refractivity contribution is 0.674. The van der Waals surface area contributed by atoms with Crippen molar-refractivity contribution >= 4 is 119 Å². The van der Waals surface area contributed by atoms with Crippen molar-refractivity contribution in [1.82, 2.24) is 14.5 Å². The molecule has 5 nitrogen and oxygen atoms in total. The standard InChI is InChI=1S/C63H39N5S/c1-3-15-38(16-4-1)61-64-62(45-27-28-48-47-25-13-14-26-54(47)67(55(48)36-45)46-23-5-2-6-24-46)66-63(65-61)50-30-29-49-53-33-41-19-9-12-22-44(41)37-58(53)69-60(49)59(50)68-56-34-42-20-10-7-17-39(42)31-51(56)52-32-40-18-8-11-21-43(40)35-57(52)68/h1-37,61H,(H,64,65,66). The van der Waals surface area contributed by atoms with Gasteiger partial charge in [0.2, 0.25) is 0 Å². The lowest BCUT2D eigenvalue weighted by Crippen LogP contribution is -2.34. The number of aliphatic imine (C=N–C) groups is 2. The van der Waals surface area contributed by atoms with Gasteiger partial charge in [0.1, 0.15) is 12.0 Å². The lowest BCUT2D eigenvalue weighted by atomic mass is 10.0. The van der Waals surface area contributed by atoms with E-state index in [0.717, 1.165) is 56.0 Å². The number of rotatable bonds is 5. The largest absolute Gasteiger partial charge is 0.344 e. The number of para-hydroxylation sites is 2. The summed E-state index contributed by atoms with van der Waals surface area (Å²) in [6.07, 6.45) is -0.397. The average Bonchev–Trinajstić information content (AvgIpc) is 4.05. The molecular formula is C63H39N5S. The predicted molar refractivity (Wildman–Crippen MR) is 292 cm³/mol. The molecular weight excluding hydrogens is 859 g/mol. The first-order valence-corrected chi connectivity index (χ1v) is 24.3. The number of nitrogens with one attached hydrogen (secondary N) is 1. The minimum absolute atomic E-state index is 0.397. The van der Waals surface area contributed by atoms with E-state index < -0.39 is 6.17 Å². The number of hydrogen-bond acceptors (Lipinski definition) is 4. The summed E-state index contributed by atoms with van der Waals surface area (Å²) in [4.78, 5) is 11.1. The zero-order valence-electron chi connectivity index (χ0n) is 37.1.